The molecular formula is C15H17N3O. The van der Waals surface area contributed by atoms with E-state index in [4.69, 9.17) is 0 Å². The molecule has 2 N–H and O–H groups in total. The van der Waals surface area contributed by atoms with Gasteiger partial charge in [0.15, 0.2) is 0 Å². The highest BCUT2D eigenvalue weighted by atomic mass is 16.1. The summed E-state index contributed by atoms with van der Waals surface area (Å²) >= 11 is 0. The van der Waals surface area contributed by atoms with Crippen LogP contribution in [0.4, 0.5) is 0 Å². The molecule has 0 aliphatic heterocycles. The molecule has 0 atom stereocenters. The van der Waals surface area contributed by atoms with Crippen LogP contribution in [0, 0.1) is 6.92 Å². The Balaban J connectivity index is 1.79. The molecule has 0 bridgehead atoms. The molecule has 0 radical (unpaired) electrons. The molecule has 0 aliphatic carbocycles. The van der Waals surface area contributed by atoms with Crippen molar-refractivity contribution in [1.29, 1.82) is 0 Å². The Labute approximate surface area is 112 Å². The number of nitrogens with one attached hydrogen (secondary N) is 2. The average molecular weight is 255 g/mol. The minimum atomic E-state index is -0.0808. The van der Waals surface area contributed by atoms with E-state index >= 15 is 0 Å². The maximum absolute atomic E-state index is 11.6. The summed E-state index contributed by atoms with van der Waals surface area (Å²) in [4.78, 5) is 18.6. The maximum Gasteiger partial charge on any atom is 0.244 e. The van der Waals surface area contributed by atoms with Crippen LogP contribution in [0.2, 0.25) is 0 Å². The predicted molar refractivity (Wildman–Crippen MR) is 75.5 cm³/mol. The smallest absolute Gasteiger partial charge is 0.244 e. The summed E-state index contributed by atoms with van der Waals surface area (Å²) in [7, 11) is 0. The number of hydrogen-bond donors (Lipinski definition) is 2. The molecule has 98 valence electrons. The highest BCUT2D eigenvalue weighted by Crippen LogP contribution is 2.08. The molecule has 0 aliphatic rings. The largest absolute Gasteiger partial charge is 0.352 e. The normalized spacial score (nSPS) is 10.8. The second-order valence-corrected chi connectivity index (χ2v) is 4.31. The zero-order chi connectivity index (χ0) is 13.5. The van der Waals surface area contributed by atoms with Gasteiger partial charge in [-0.15, -0.1) is 0 Å². The van der Waals surface area contributed by atoms with E-state index in [1.807, 2.05) is 37.3 Å². The number of H-pyrrole nitrogens is 1. The first-order chi connectivity index (χ1) is 9.25. The Hall–Kier alpha value is -2.36. The minimum Gasteiger partial charge on any atom is -0.352 e. The number of benzene rings is 1. The van der Waals surface area contributed by atoms with Gasteiger partial charge in [-0.05, 0) is 24.1 Å². The SMILES string of the molecule is Cc1ccccc1C=CC(=O)NCCc1cnc[nH]1. The van der Waals surface area contributed by atoms with Crippen molar-refractivity contribution in [2.75, 3.05) is 6.54 Å². The summed E-state index contributed by atoms with van der Waals surface area (Å²) in [5.41, 5.74) is 3.23. The summed E-state index contributed by atoms with van der Waals surface area (Å²) < 4.78 is 0. The van der Waals surface area contributed by atoms with Crippen LogP contribution >= 0.6 is 0 Å². The van der Waals surface area contributed by atoms with Crippen LogP contribution in [0.15, 0.2) is 42.9 Å². The van der Waals surface area contributed by atoms with Crippen LogP contribution < -0.4 is 5.32 Å². The van der Waals surface area contributed by atoms with Gasteiger partial charge >= 0.3 is 0 Å². The van der Waals surface area contributed by atoms with E-state index in [0.717, 1.165) is 23.2 Å². The molecule has 1 heterocycles. The molecule has 0 fully saturated rings. The molecule has 4 heteroatoms. The quantitative estimate of drug-likeness (QED) is 0.804. The predicted octanol–water partition coefficient (Wildman–Crippen LogP) is 2.09. The number of hydrogen-bond acceptors (Lipinski definition) is 2. The van der Waals surface area contributed by atoms with Gasteiger partial charge in [-0.1, -0.05) is 24.3 Å². The maximum atomic E-state index is 11.6. The van der Waals surface area contributed by atoms with E-state index in [2.05, 4.69) is 15.3 Å². The fourth-order valence-corrected chi connectivity index (χ4v) is 1.74. The van der Waals surface area contributed by atoms with Crippen molar-refractivity contribution < 1.29 is 4.79 Å². The highest BCUT2D eigenvalue weighted by Gasteiger charge is 1.98. The van der Waals surface area contributed by atoms with Gasteiger partial charge in [-0.2, -0.15) is 0 Å². The lowest BCUT2D eigenvalue weighted by Crippen LogP contribution is -2.23. The third kappa shape index (κ3) is 4.10. The Morgan fingerprint density at radius 3 is 3.00 bits per heavy atom. The minimum absolute atomic E-state index is 0.0808. The van der Waals surface area contributed by atoms with E-state index < -0.39 is 0 Å². The molecule has 0 unspecified atom stereocenters. The summed E-state index contributed by atoms with van der Waals surface area (Å²) in [6, 6.07) is 7.96. The van der Waals surface area contributed by atoms with Gasteiger partial charge in [0.25, 0.3) is 0 Å². The molecule has 2 aromatic rings. The van der Waals surface area contributed by atoms with Crippen LogP contribution in [0.1, 0.15) is 16.8 Å². The van der Waals surface area contributed by atoms with Gasteiger partial charge in [-0.3, -0.25) is 4.79 Å². The Morgan fingerprint density at radius 2 is 2.26 bits per heavy atom. The molecule has 0 saturated carbocycles. The first-order valence-electron chi connectivity index (χ1n) is 6.24. The lowest BCUT2D eigenvalue weighted by molar-refractivity contribution is -0.116. The first-order valence-corrected chi connectivity index (χ1v) is 6.24. The van der Waals surface area contributed by atoms with Crippen LogP contribution in [0.5, 0.6) is 0 Å². The molecule has 0 spiro atoms. The molecule has 0 saturated heterocycles. The van der Waals surface area contributed by atoms with Gasteiger partial charge < -0.3 is 10.3 Å². The number of aromatic amines is 1. The Kier molecular flexibility index (Phi) is 4.50. The number of carbonyl (C=O) groups excluding carboxylic acids is 1. The number of amides is 1. The first kappa shape index (κ1) is 13.1. The zero-order valence-electron chi connectivity index (χ0n) is 10.9. The van der Waals surface area contributed by atoms with Crippen LogP contribution in [0.3, 0.4) is 0 Å². The van der Waals surface area contributed by atoms with E-state index in [0.29, 0.717) is 6.54 Å². The molecule has 4 nitrogen and oxygen atoms in total. The van der Waals surface area contributed by atoms with Crippen molar-refractivity contribution >= 4 is 12.0 Å². The Bertz CT molecular complexity index is 559. The van der Waals surface area contributed by atoms with Crippen molar-refractivity contribution in [3.63, 3.8) is 0 Å². The number of rotatable bonds is 5. The molecule has 1 aromatic carbocycles. The number of aryl methyl sites for hydroxylation is 1. The van der Waals surface area contributed by atoms with Crippen LogP contribution in [-0.4, -0.2) is 22.4 Å². The molecular weight excluding hydrogens is 238 g/mol. The van der Waals surface area contributed by atoms with Gasteiger partial charge in [0.2, 0.25) is 5.91 Å². The van der Waals surface area contributed by atoms with Gasteiger partial charge in [0.1, 0.15) is 0 Å². The third-order valence-corrected chi connectivity index (χ3v) is 2.85. The van der Waals surface area contributed by atoms with E-state index in [1.165, 1.54) is 0 Å². The summed E-state index contributed by atoms with van der Waals surface area (Å²) in [6.07, 6.45) is 7.55. The lowest BCUT2D eigenvalue weighted by atomic mass is 10.1. The summed E-state index contributed by atoms with van der Waals surface area (Å²) in [6.45, 7) is 2.62. The second-order valence-electron chi connectivity index (χ2n) is 4.31. The number of carbonyl (C=O) groups is 1. The Morgan fingerprint density at radius 1 is 1.42 bits per heavy atom. The van der Waals surface area contributed by atoms with E-state index in [9.17, 15) is 4.79 Å². The number of imidazole rings is 1. The van der Waals surface area contributed by atoms with Crippen molar-refractivity contribution in [3.05, 3.63) is 59.7 Å². The monoisotopic (exact) mass is 255 g/mol. The lowest BCUT2D eigenvalue weighted by Gasteiger charge is -2.01. The molecule has 2 rings (SSSR count). The highest BCUT2D eigenvalue weighted by molar-refractivity contribution is 5.91. The third-order valence-electron chi connectivity index (χ3n) is 2.85. The zero-order valence-corrected chi connectivity index (χ0v) is 10.9. The second kappa shape index (κ2) is 6.54. The standard InChI is InChI=1S/C15H17N3O/c1-12-4-2-3-5-13(12)6-7-15(19)17-9-8-14-10-16-11-18-14/h2-7,10-11H,8-9H2,1H3,(H,16,18)(H,17,19). The molecule has 1 aromatic heterocycles. The summed E-state index contributed by atoms with van der Waals surface area (Å²) in [5.74, 6) is -0.0808. The number of aromatic nitrogens is 2. The molecule has 1 amide bonds. The average Bonchev–Trinajstić information content (AvgIpc) is 2.91. The number of nitrogens with zero attached hydrogens (tertiary/aromatic N) is 1. The van der Waals surface area contributed by atoms with Gasteiger partial charge in [0.05, 0.1) is 6.33 Å². The van der Waals surface area contributed by atoms with Crippen molar-refractivity contribution in [2.24, 2.45) is 0 Å². The van der Waals surface area contributed by atoms with Crippen molar-refractivity contribution in [2.45, 2.75) is 13.3 Å². The fourth-order valence-electron chi connectivity index (χ4n) is 1.74. The van der Waals surface area contributed by atoms with Crippen molar-refractivity contribution in [3.8, 4) is 0 Å². The van der Waals surface area contributed by atoms with Crippen LogP contribution in [-0.2, 0) is 11.2 Å². The van der Waals surface area contributed by atoms with E-state index in [-0.39, 0.29) is 5.91 Å². The van der Waals surface area contributed by atoms with E-state index in [1.54, 1.807) is 18.6 Å². The summed E-state index contributed by atoms with van der Waals surface area (Å²) in [5, 5.41) is 2.84. The fraction of sp³-hybridized carbons (Fsp3) is 0.200. The van der Waals surface area contributed by atoms with Crippen LogP contribution in [0.25, 0.3) is 6.08 Å². The van der Waals surface area contributed by atoms with Gasteiger partial charge in [0, 0.05) is 30.9 Å². The van der Waals surface area contributed by atoms with Crippen molar-refractivity contribution in [1.82, 2.24) is 15.3 Å². The van der Waals surface area contributed by atoms with Gasteiger partial charge in [-0.25, -0.2) is 4.98 Å². The topological polar surface area (TPSA) is 57.8 Å². The molecule has 19 heavy (non-hydrogen) atoms.